The van der Waals surface area contributed by atoms with Crippen molar-refractivity contribution in [3.05, 3.63) is 11.6 Å². The van der Waals surface area contributed by atoms with Crippen molar-refractivity contribution < 1.29 is 9.90 Å². The number of ketones is 1. The van der Waals surface area contributed by atoms with E-state index in [4.69, 9.17) is 0 Å². The zero-order valence-corrected chi connectivity index (χ0v) is 12.5. The Morgan fingerprint density at radius 1 is 1.10 bits per heavy atom. The van der Waals surface area contributed by atoms with E-state index >= 15 is 0 Å². The van der Waals surface area contributed by atoms with Crippen LogP contribution in [0.4, 0.5) is 0 Å². The summed E-state index contributed by atoms with van der Waals surface area (Å²) in [5.74, 6) is 3.38. The third kappa shape index (κ3) is 1.70. The SMILES string of the molecule is C[C@]12CC[C@H]3[C@@H](CCC4=CC(=O)CC[C@H]43)[C@@H]1CC[C@@H]2O. The maximum absolute atomic E-state index is 11.6. The summed E-state index contributed by atoms with van der Waals surface area (Å²) in [7, 11) is 0. The van der Waals surface area contributed by atoms with Gasteiger partial charge >= 0.3 is 0 Å². The molecule has 6 atom stereocenters. The first kappa shape index (κ1) is 13.1. The molecule has 0 saturated heterocycles. The summed E-state index contributed by atoms with van der Waals surface area (Å²) in [6, 6.07) is 0. The molecule has 0 spiro atoms. The van der Waals surface area contributed by atoms with E-state index in [1.165, 1.54) is 31.3 Å². The lowest BCUT2D eigenvalue weighted by Crippen LogP contribution is -2.47. The van der Waals surface area contributed by atoms with Gasteiger partial charge in [-0.05, 0) is 80.1 Å². The van der Waals surface area contributed by atoms with Gasteiger partial charge in [-0.2, -0.15) is 0 Å². The Balaban J connectivity index is 1.63. The third-order valence-electron chi connectivity index (χ3n) is 7.25. The standard InChI is InChI=1S/C18H26O2/c1-18-9-8-14-13-5-3-12(19)10-11(13)2-4-15(14)16(18)6-7-17(18)20/h10,13-17,20H,2-9H2,1H3/t13-,14-,15-,16+,17+,18+/m1/s1. The first-order valence-electron chi connectivity index (χ1n) is 8.51. The fourth-order valence-corrected chi connectivity index (χ4v) is 6.15. The van der Waals surface area contributed by atoms with Crippen molar-refractivity contribution in [3.8, 4) is 0 Å². The van der Waals surface area contributed by atoms with Crippen molar-refractivity contribution in [3.63, 3.8) is 0 Å². The fourth-order valence-electron chi connectivity index (χ4n) is 6.15. The van der Waals surface area contributed by atoms with Crippen molar-refractivity contribution in [2.45, 2.75) is 64.4 Å². The number of allylic oxidation sites excluding steroid dienone is 1. The molecular weight excluding hydrogens is 248 g/mol. The molecule has 20 heavy (non-hydrogen) atoms. The van der Waals surface area contributed by atoms with E-state index < -0.39 is 0 Å². The second kappa shape index (κ2) is 4.43. The molecule has 4 aliphatic rings. The van der Waals surface area contributed by atoms with Gasteiger partial charge in [0, 0.05) is 6.42 Å². The van der Waals surface area contributed by atoms with Crippen molar-refractivity contribution in [2.24, 2.45) is 29.1 Å². The number of carbonyl (C=O) groups excluding carboxylic acids is 1. The lowest BCUT2D eigenvalue weighted by molar-refractivity contribution is -0.116. The molecule has 0 amide bonds. The predicted molar refractivity (Wildman–Crippen MR) is 78.1 cm³/mol. The molecule has 0 aliphatic heterocycles. The van der Waals surface area contributed by atoms with Crippen LogP contribution in [0.2, 0.25) is 0 Å². The van der Waals surface area contributed by atoms with Gasteiger partial charge in [-0.3, -0.25) is 4.79 Å². The fraction of sp³-hybridized carbons (Fsp3) is 0.833. The second-order valence-corrected chi connectivity index (χ2v) is 7.94. The lowest BCUT2D eigenvalue weighted by Gasteiger charge is -2.53. The zero-order chi connectivity index (χ0) is 13.9. The number of aliphatic hydroxyl groups is 1. The summed E-state index contributed by atoms with van der Waals surface area (Å²) >= 11 is 0. The van der Waals surface area contributed by atoms with Crippen LogP contribution in [0.5, 0.6) is 0 Å². The van der Waals surface area contributed by atoms with E-state index in [1.807, 2.05) is 6.08 Å². The summed E-state index contributed by atoms with van der Waals surface area (Å²) in [6.07, 6.45) is 10.9. The Morgan fingerprint density at radius 2 is 1.95 bits per heavy atom. The molecule has 0 aromatic heterocycles. The smallest absolute Gasteiger partial charge is 0.155 e. The normalized spacial score (nSPS) is 51.0. The Bertz CT molecular complexity index is 466. The third-order valence-corrected chi connectivity index (χ3v) is 7.25. The molecule has 2 heteroatoms. The summed E-state index contributed by atoms with van der Waals surface area (Å²) in [5.41, 5.74) is 1.65. The van der Waals surface area contributed by atoms with Crippen LogP contribution in [0.1, 0.15) is 58.3 Å². The van der Waals surface area contributed by atoms with E-state index in [0.717, 1.165) is 43.4 Å². The van der Waals surface area contributed by atoms with Crippen LogP contribution in [0.15, 0.2) is 11.6 Å². The molecule has 0 bridgehead atoms. The Labute approximate surface area is 121 Å². The maximum Gasteiger partial charge on any atom is 0.155 e. The first-order valence-corrected chi connectivity index (χ1v) is 8.51. The van der Waals surface area contributed by atoms with Crippen LogP contribution in [-0.4, -0.2) is 17.0 Å². The number of fused-ring (bicyclic) bond motifs is 5. The monoisotopic (exact) mass is 274 g/mol. The largest absolute Gasteiger partial charge is 0.393 e. The summed E-state index contributed by atoms with van der Waals surface area (Å²) < 4.78 is 0. The van der Waals surface area contributed by atoms with Gasteiger partial charge in [0.05, 0.1) is 6.10 Å². The lowest BCUT2D eigenvalue weighted by atomic mass is 9.52. The van der Waals surface area contributed by atoms with Gasteiger partial charge < -0.3 is 5.11 Å². The quantitative estimate of drug-likeness (QED) is 0.734. The molecule has 0 aromatic rings. The van der Waals surface area contributed by atoms with Gasteiger partial charge in [-0.1, -0.05) is 12.5 Å². The van der Waals surface area contributed by atoms with E-state index in [-0.39, 0.29) is 11.5 Å². The number of aliphatic hydroxyl groups excluding tert-OH is 1. The van der Waals surface area contributed by atoms with Gasteiger partial charge in [0.15, 0.2) is 5.78 Å². The van der Waals surface area contributed by atoms with Gasteiger partial charge in [-0.15, -0.1) is 0 Å². The van der Waals surface area contributed by atoms with Crippen LogP contribution in [-0.2, 0) is 4.79 Å². The van der Waals surface area contributed by atoms with Crippen LogP contribution in [0.3, 0.4) is 0 Å². The highest BCUT2D eigenvalue weighted by molar-refractivity contribution is 5.91. The number of hydrogen-bond acceptors (Lipinski definition) is 2. The molecule has 4 rings (SSSR count). The first-order chi connectivity index (χ1) is 9.59. The van der Waals surface area contributed by atoms with Gasteiger partial charge in [0.1, 0.15) is 0 Å². The highest BCUT2D eigenvalue weighted by atomic mass is 16.3. The van der Waals surface area contributed by atoms with Gasteiger partial charge in [0.25, 0.3) is 0 Å². The molecule has 3 saturated carbocycles. The van der Waals surface area contributed by atoms with Crippen LogP contribution in [0, 0.1) is 29.1 Å². The molecule has 0 unspecified atom stereocenters. The molecule has 3 fully saturated rings. The molecular formula is C18H26O2. The molecule has 4 aliphatic carbocycles. The predicted octanol–water partition coefficient (Wildman–Crippen LogP) is 3.49. The van der Waals surface area contributed by atoms with E-state index in [9.17, 15) is 9.90 Å². The maximum atomic E-state index is 11.6. The van der Waals surface area contributed by atoms with Crippen molar-refractivity contribution in [1.82, 2.24) is 0 Å². The van der Waals surface area contributed by atoms with Crippen molar-refractivity contribution >= 4 is 5.78 Å². The topological polar surface area (TPSA) is 37.3 Å². The Hall–Kier alpha value is -0.630. The molecule has 2 nitrogen and oxygen atoms in total. The molecule has 1 N–H and O–H groups in total. The average Bonchev–Trinajstić information content (AvgIpc) is 2.74. The van der Waals surface area contributed by atoms with E-state index in [0.29, 0.717) is 11.7 Å². The molecule has 110 valence electrons. The zero-order valence-electron chi connectivity index (χ0n) is 12.5. The molecule has 0 aromatic carbocycles. The van der Waals surface area contributed by atoms with Gasteiger partial charge in [0.2, 0.25) is 0 Å². The molecule has 0 radical (unpaired) electrons. The van der Waals surface area contributed by atoms with Gasteiger partial charge in [-0.25, -0.2) is 0 Å². The average molecular weight is 274 g/mol. The summed E-state index contributed by atoms with van der Waals surface area (Å²) in [4.78, 5) is 11.6. The van der Waals surface area contributed by atoms with E-state index in [1.54, 1.807) is 0 Å². The van der Waals surface area contributed by atoms with Crippen LogP contribution < -0.4 is 0 Å². The van der Waals surface area contributed by atoms with Crippen molar-refractivity contribution in [1.29, 1.82) is 0 Å². The number of carbonyl (C=O) groups is 1. The molecule has 0 heterocycles. The minimum atomic E-state index is -0.0710. The van der Waals surface area contributed by atoms with Crippen molar-refractivity contribution in [2.75, 3.05) is 0 Å². The number of rotatable bonds is 0. The number of hydrogen-bond donors (Lipinski definition) is 1. The summed E-state index contributed by atoms with van der Waals surface area (Å²) in [6.45, 7) is 2.33. The van der Waals surface area contributed by atoms with Crippen LogP contribution >= 0.6 is 0 Å². The van der Waals surface area contributed by atoms with Crippen LogP contribution in [0.25, 0.3) is 0 Å². The minimum Gasteiger partial charge on any atom is -0.393 e. The Kier molecular flexibility index (Phi) is 2.89. The highest BCUT2D eigenvalue weighted by Gasteiger charge is 2.55. The highest BCUT2D eigenvalue weighted by Crippen LogP contribution is 2.61. The minimum absolute atomic E-state index is 0.0710. The summed E-state index contributed by atoms with van der Waals surface area (Å²) in [5, 5.41) is 10.4. The van der Waals surface area contributed by atoms with E-state index in [2.05, 4.69) is 6.92 Å². The Morgan fingerprint density at radius 3 is 2.80 bits per heavy atom. The second-order valence-electron chi connectivity index (χ2n) is 7.94.